The second-order valence-electron chi connectivity index (χ2n) is 8.92. The minimum absolute atomic E-state index is 0.0625. The summed E-state index contributed by atoms with van der Waals surface area (Å²) >= 11 is 0. The third kappa shape index (κ3) is 4.95. The van der Waals surface area contributed by atoms with Gasteiger partial charge in [0.2, 0.25) is 5.92 Å². The van der Waals surface area contributed by atoms with E-state index < -0.39 is 15.1 Å². The van der Waals surface area contributed by atoms with Gasteiger partial charge in [-0.2, -0.15) is 9.21 Å². The number of nitrogens with one attached hydrogen (secondary N) is 1. The van der Waals surface area contributed by atoms with Crippen LogP contribution in [0.5, 0.6) is 0 Å². The highest BCUT2D eigenvalue weighted by Gasteiger charge is 2.33. The predicted molar refractivity (Wildman–Crippen MR) is 132 cm³/mol. The van der Waals surface area contributed by atoms with E-state index in [0.29, 0.717) is 19.5 Å². The highest BCUT2D eigenvalue weighted by Crippen LogP contribution is 2.36. The summed E-state index contributed by atoms with van der Waals surface area (Å²) in [6, 6.07) is 10.2. The number of hydrogen-bond donors (Lipinski definition) is 1. The second kappa shape index (κ2) is 8.30. The quantitative estimate of drug-likeness (QED) is 0.580. The van der Waals surface area contributed by atoms with Crippen LogP contribution in [0, 0.1) is 0 Å². The van der Waals surface area contributed by atoms with Gasteiger partial charge in [0.15, 0.2) is 0 Å². The number of halogens is 2. The first-order valence-electron chi connectivity index (χ1n) is 10.8. The monoisotopic (exact) mass is 443 g/mol. The van der Waals surface area contributed by atoms with Gasteiger partial charge in [0.05, 0.1) is 0 Å². The molecule has 1 aromatic heterocycles. The Balaban J connectivity index is 1.67. The molecule has 1 saturated heterocycles. The average Bonchev–Trinajstić information content (AvgIpc) is 3.08. The Labute approximate surface area is 184 Å². The zero-order chi connectivity index (χ0) is 22.2. The lowest BCUT2D eigenvalue weighted by Gasteiger charge is -2.26. The summed E-state index contributed by atoms with van der Waals surface area (Å²) in [6.45, 7) is 5.18. The lowest BCUT2D eigenvalue weighted by Crippen LogP contribution is -2.28. The summed E-state index contributed by atoms with van der Waals surface area (Å²) < 4.78 is 27.9. The van der Waals surface area contributed by atoms with E-state index in [9.17, 15) is 8.78 Å². The van der Waals surface area contributed by atoms with Gasteiger partial charge < -0.3 is 10.2 Å². The SMILES string of the molecule is C=C(Nc1cccc(S(=C)(=C)C)c1)c1cc2c(nc1N1CCCC(F)(F)CC1)CCC2. The van der Waals surface area contributed by atoms with Crippen LogP contribution in [-0.2, 0) is 12.8 Å². The molecule has 2 aliphatic rings. The lowest BCUT2D eigenvalue weighted by atomic mass is 10.1. The molecule has 0 saturated carbocycles. The largest absolute Gasteiger partial charge is 0.356 e. The molecule has 2 aromatic rings. The normalized spacial score (nSPS) is 18.4. The average molecular weight is 444 g/mol. The number of pyridine rings is 1. The summed E-state index contributed by atoms with van der Waals surface area (Å²) in [4.78, 5) is 8.07. The molecule has 1 fully saturated rings. The van der Waals surface area contributed by atoms with Gasteiger partial charge >= 0.3 is 0 Å². The smallest absolute Gasteiger partial charge is 0.249 e. The molecule has 0 atom stereocenters. The fourth-order valence-corrected chi connectivity index (χ4v) is 5.14. The number of aryl methyl sites for hydroxylation is 2. The Kier molecular flexibility index (Phi) is 5.86. The van der Waals surface area contributed by atoms with E-state index in [0.717, 1.165) is 52.6 Å². The summed E-state index contributed by atoms with van der Waals surface area (Å²) in [5.41, 5.74) is 4.88. The highest BCUT2D eigenvalue weighted by molar-refractivity contribution is 8.27. The van der Waals surface area contributed by atoms with E-state index in [1.54, 1.807) is 0 Å². The number of aromatic nitrogens is 1. The molecule has 0 radical (unpaired) electrons. The standard InChI is InChI=1S/C25H31F2N3S/c1-18(28-20-9-6-10-21(17-20)31(2,3)4)22-16-19-8-5-11-23(19)29-24(22)30-14-7-12-25(26,27)13-15-30/h6,9-10,16-17,28H,1-3,5,7-8,11-15H2,4H3. The van der Waals surface area contributed by atoms with Gasteiger partial charge in [-0.3, -0.25) is 0 Å². The van der Waals surface area contributed by atoms with Crippen LogP contribution >= 0.6 is 9.21 Å². The topological polar surface area (TPSA) is 28.2 Å². The summed E-state index contributed by atoms with van der Waals surface area (Å²) in [6.07, 6.45) is 5.35. The first-order valence-corrected chi connectivity index (χ1v) is 13.2. The molecular weight excluding hydrogens is 412 g/mol. The van der Waals surface area contributed by atoms with Crippen LogP contribution in [0.2, 0.25) is 0 Å². The third-order valence-electron chi connectivity index (χ3n) is 6.07. The van der Waals surface area contributed by atoms with Crippen LogP contribution in [-0.4, -0.2) is 42.0 Å². The summed E-state index contributed by atoms with van der Waals surface area (Å²) in [7, 11) is -1.34. The number of fused-ring (bicyclic) bond motifs is 1. The van der Waals surface area contributed by atoms with E-state index in [2.05, 4.69) is 42.0 Å². The number of hydrogen-bond acceptors (Lipinski definition) is 3. The van der Waals surface area contributed by atoms with Crippen molar-refractivity contribution in [1.82, 2.24) is 4.98 Å². The van der Waals surface area contributed by atoms with Crippen molar-refractivity contribution in [2.24, 2.45) is 0 Å². The van der Waals surface area contributed by atoms with Crippen molar-refractivity contribution in [3.63, 3.8) is 0 Å². The number of benzene rings is 1. The molecule has 1 aliphatic heterocycles. The number of rotatable bonds is 5. The van der Waals surface area contributed by atoms with Gasteiger partial charge in [0.25, 0.3) is 0 Å². The molecule has 0 bridgehead atoms. The summed E-state index contributed by atoms with van der Waals surface area (Å²) in [5.74, 6) is 6.57. The Bertz CT molecular complexity index is 1110. The van der Waals surface area contributed by atoms with Crippen LogP contribution in [0.15, 0.2) is 41.8 Å². The first-order chi connectivity index (χ1) is 14.6. The molecule has 1 N–H and O–H groups in total. The molecule has 1 aliphatic carbocycles. The fourth-order valence-electron chi connectivity index (χ4n) is 4.32. The molecule has 2 heterocycles. The van der Waals surface area contributed by atoms with Crippen LogP contribution in [0.4, 0.5) is 20.3 Å². The Morgan fingerprint density at radius 3 is 2.71 bits per heavy atom. The molecular formula is C25H31F2N3S. The Morgan fingerprint density at radius 1 is 1.13 bits per heavy atom. The van der Waals surface area contributed by atoms with Gasteiger partial charge in [-0.05, 0) is 66.7 Å². The molecule has 0 spiro atoms. The maximum atomic E-state index is 14.0. The van der Waals surface area contributed by atoms with E-state index >= 15 is 0 Å². The highest BCUT2D eigenvalue weighted by atomic mass is 32.2. The van der Waals surface area contributed by atoms with Crippen molar-refractivity contribution in [3.05, 3.63) is 53.7 Å². The van der Waals surface area contributed by atoms with Gasteiger partial charge in [-0.15, -0.1) is 0 Å². The Morgan fingerprint density at radius 2 is 1.94 bits per heavy atom. The van der Waals surface area contributed by atoms with Gasteiger partial charge in [0, 0.05) is 48.6 Å². The van der Waals surface area contributed by atoms with E-state index in [1.807, 2.05) is 23.1 Å². The molecule has 4 rings (SSSR count). The first kappa shape index (κ1) is 21.9. The van der Waals surface area contributed by atoms with Gasteiger partial charge in [-0.25, -0.2) is 13.8 Å². The van der Waals surface area contributed by atoms with Gasteiger partial charge in [-0.1, -0.05) is 24.4 Å². The maximum Gasteiger partial charge on any atom is 0.249 e. The maximum absolute atomic E-state index is 14.0. The molecule has 6 heteroatoms. The van der Waals surface area contributed by atoms with Crippen LogP contribution in [0.1, 0.15) is 42.5 Å². The van der Waals surface area contributed by atoms with E-state index in [4.69, 9.17) is 4.98 Å². The third-order valence-corrected chi connectivity index (χ3v) is 7.46. The zero-order valence-corrected chi connectivity index (χ0v) is 19.0. The van der Waals surface area contributed by atoms with Crippen molar-refractivity contribution in [2.75, 3.05) is 29.6 Å². The number of nitrogens with zero attached hydrogens (tertiary/aromatic N) is 2. The molecule has 166 valence electrons. The van der Waals surface area contributed by atoms with Crippen molar-refractivity contribution >= 4 is 38.1 Å². The van der Waals surface area contributed by atoms with Crippen LogP contribution in [0.25, 0.3) is 5.70 Å². The molecule has 3 nitrogen and oxygen atoms in total. The zero-order valence-electron chi connectivity index (χ0n) is 18.2. The minimum Gasteiger partial charge on any atom is -0.356 e. The van der Waals surface area contributed by atoms with Crippen LogP contribution in [0.3, 0.4) is 0 Å². The van der Waals surface area contributed by atoms with Crippen molar-refractivity contribution in [3.8, 4) is 0 Å². The predicted octanol–water partition coefficient (Wildman–Crippen LogP) is 5.94. The van der Waals surface area contributed by atoms with Crippen LogP contribution < -0.4 is 10.2 Å². The molecule has 0 amide bonds. The Hall–Kier alpha value is -2.34. The minimum atomic E-state index is -2.60. The van der Waals surface area contributed by atoms with Crippen molar-refractivity contribution in [2.45, 2.75) is 49.3 Å². The lowest BCUT2D eigenvalue weighted by molar-refractivity contribution is -0.0102. The van der Waals surface area contributed by atoms with Gasteiger partial charge in [0.1, 0.15) is 5.82 Å². The molecule has 1 aromatic carbocycles. The number of alkyl halides is 2. The second-order valence-corrected chi connectivity index (χ2v) is 11.9. The number of anilines is 2. The van der Waals surface area contributed by atoms with Crippen molar-refractivity contribution in [1.29, 1.82) is 0 Å². The van der Waals surface area contributed by atoms with E-state index in [1.165, 1.54) is 5.56 Å². The molecule has 0 unspecified atom stereocenters. The summed E-state index contributed by atoms with van der Waals surface area (Å²) in [5, 5.41) is 3.42. The molecule has 31 heavy (non-hydrogen) atoms. The fraction of sp³-hybridized carbons (Fsp3) is 0.400. The van der Waals surface area contributed by atoms with E-state index in [-0.39, 0.29) is 12.8 Å². The van der Waals surface area contributed by atoms with Crippen molar-refractivity contribution < 1.29 is 8.78 Å².